The van der Waals surface area contributed by atoms with Crippen LogP contribution in [0.15, 0.2) is 97.1 Å². The van der Waals surface area contributed by atoms with Gasteiger partial charge in [0.25, 0.3) is 6.71 Å². The van der Waals surface area contributed by atoms with Gasteiger partial charge in [-0.1, -0.05) is 48.5 Å². The van der Waals surface area contributed by atoms with Crippen molar-refractivity contribution in [3.63, 3.8) is 0 Å². The van der Waals surface area contributed by atoms with Gasteiger partial charge in [0.1, 0.15) is 34.5 Å². The van der Waals surface area contributed by atoms with Gasteiger partial charge in [-0.05, 0) is 42.5 Å². The lowest BCUT2D eigenvalue weighted by Crippen LogP contribution is -2.59. The first-order valence-electron chi connectivity index (χ1n) is 11.8. The molecule has 1 aromatic heterocycles. The summed E-state index contributed by atoms with van der Waals surface area (Å²) in [7, 11) is 0. The fraction of sp³-hybridized carbons (Fsp3) is 0. The van der Waals surface area contributed by atoms with Crippen LogP contribution in [-0.2, 0) is 0 Å². The van der Waals surface area contributed by atoms with E-state index in [9.17, 15) is 0 Å². The lowest BCUT2D eigenvalue weighted by molar-refractivity contribution is 0.445. The maximum atomic E-state index is 6.75. The number of rotatable bonds is 1. The number of benzene rings is 5. The molecular weight excluding hydrogens is 433 g/mol. The van der Waals surface area contributed by atoms with Crippen LogP contribution in [0.3, 0.4) is 0 Å². The van der Waals surface area contributed by atoms with Gasteiger partial charge in [0.15, 0.2) is 0 Å². The van der Waals surface area contributed by atoms with Crippen molar-refractivity contribution in [2.75, 3.05) is 0 Å². The first-order chi connectivity index (χ1) is 17.4. The third kappa shape index (κ3) is 2.10. The van der Waals surface area contributed by atoms with Gasteiger partial charge in [0, 0.05) is 33.5 Å². The molecule has 3 aliphatic rings. The summed E-state index contributed by atoms with van der Waals surface area (Å²) in [6.45, 7) is 0.0110. The maximum Gasteiger partial charge on any atom is 0.270 e. The monoisotopic (exact) mass is 449 g/mol. The lowest BCUT2D eigenvalue weighted by Gasteiger charge is -2.37. The van der Waals surface area contributed by atoms with E-state index in [1.54, 1.807) is 0 Å². The van der Waals surface area contributed by atoms with Crippen molar-refractivity contribution in [3.05, 3.63) is 97.1 Å². The number of hydrogen-bond acceptors (Lipinski definition) is 3. The first kappa shape index (κ1) is 17.8. The molecule has 0 saturated carbocycles. The minimum absolute atomic E-state index is 0.0110. The van der Waals surface area contributed by atoms with Crippen LogP contribution in [0.5, 0.6) is 34.5 Å². The van der Waals surface area contributed by atoms with E-state index in [2.05, 4.69) is 59.2 Å². The normalized spacial score (nSPS) is 13.8. The van der Waals surface area contributed by atoms with Gasteiger partial charge in [-0.15, -0.1) is 0 Å². The summed E-state index contributed by atoms with van der Waals surface area (Å²) in [5, 5.41) is 2.27. The molecule has 3 aliphatic heterocycles. The van der Waals surface area contributed by atoms with Crippen LogP contribution in [0.1, 0.15) is 0 Å². The highest BCUT2D eigenvalue weighted by atomic mass is 16.5. The molecule has 0 radical (unpaired) electrons. The van der Waals surface area contributed by atoms with Gasteiger partial charge in [-0.3, -0.25) is 0 Å². The van der Waals surface area contributed by atoms with E-state index in [0.717, 1.165) is 78.4 Å². The van der Waals surface area contributed by atoms with E-state index in [4.69, 9.17) is 14.2 Å². The highest BCUT2D eigenvalue weighted by Gasteiger charge is 2.47. The van der Waals surface area contributed by atoms with Crippen molar-refractivity contribution >= 4 is 44.9 Å². The van der Waals surface area contributed by atoms with Crippen molar-refractivity contribution in [1.29, 1.82) is 0 Å². The fourth-order valence-corrected chi connectivity index (χ4v) is 6.16. The third-order valence-corrected chi connectivity index (χ3v) is 7.50. The molecule has 35 heavy (non-hydrogen) atoms. The predicted octanol–water partition coefficient (Wildman–Crippen LogP) is 5.62. The number of para-hydroxylation sites is 2. The predicted molar refractivity (Wildman–Crippen MR) is 139 cm³/mol. The average Bonchev–Trinajstić information content (AvgIpc) is 3.23. The molecule has 9 rings (SSSR count). The van der Waals surface area contributed by atoms with Gasteiger partial charge in [0.2, 0.25) is 0 Å². The zero-order valence-corrected chi connectivity index (χ0v) is 18.5. The molecule has 0 unspecified atom stereocenters. The highest BCUT2D eigenvalue weighted by Crippen LogP contribution is 2.47. The Kier molecular flexibility index (Phi) is 3.09. The molecule has 0 spiro atoms. The Labute approximate surface area is 201 Å². The smallest absolute Gasteiger partial charge is 0.270 e. The van der Waals surface area contributed by atoms with E-state index in [-0.39, 0.29) is 6.71 Å². The van der Waals surface area contributed by atoms with Crippen LogP contribution in [0.4, 0.5) is 0 Å². The average molecular weight is 449 g/mol. The Morgan fingerprint density at radius 1 is 0.514 bits per heavy atom. The van der Waals surface area contributed by atoms with Crippen molar-refractivity contribution < 1.29 is 14.2 Å². The second-order valence-corrected chi connectivity index (χ2v) is 9.27. The first-order valence-corrected chi connectivity index (χ1v) is 11.8. The van der Waals surface area contributed by atoms with Crippen LogP contribution < -0.4 is 30.6 Å². The molecule has 162 valence electrons. The Balaban J connectivity index is 1.48. The molecule has 0 bridgehead atoms. The zero-order chi connectivity index (χ0) is 22.7. The lowest BCUT2D eigenvalue weighted by atomic mass is 9.34. The van der Waals surface area contributed by atoms with Crippen LogP contribution in [-0.4, -0.2) is 11.3 Å². The van der Waals surface area contributed by atoms with Crippen molar-refractivity contribution in [3.8, 4) is 40.2 Å². The number of ether oxygens (including phenoxy) is 3. The molecule has 0 atom stereocenters. The van der Waals surface area contributed by atoms with E-state index < -0.39 is 0 Å². The second kappa shape index (κ2) is 6.07. The quantitative estimate of drug-likeness (QED) is 0.305. The highest BCUT2D eigenvalue weighted by molar-refractivity contribution is 6.99. The number of aromatic nitrogens is 1. The van der Waals surface area contributed by atoms with Crippen LogP contribution >= 0.6 is 0 Å². The van der Waals surface area contributed by atoms with E-state index in [0.29, 0.717) is 0 Å². The summed E-state index contributed by atoms with van der Waals surface area (Å²) in [4.78, 5) is 0. The molecular formula is C30H16BNO3. The largest absolute Gasteiger partial charge is 0.458 e. The minimum Gasteiger partial charge on any atom is -0.458 e. The summed E-state index contributed by atoms with van der Waals surface area (Å²) in [5.41, 5.74) is 6.55. The summed E-state index contributed by atoms with van der Waals surface area (Å²) in [6, 6.07) is 33.3. The Bertz CT molecular complexity index is 1870. The molecule has 4 nitrogen and oxygen atoms in total. The molecule has 0 saturated heterocycles. The molecule has 0 fully saturated rings. The summed E-state index contributed by atoms with van der Waals surface area (Å²) < 4.78 is 21.9. The Hall–Kier alpha value is -4.64. The Morgan fingerprint density at radius 3 is 1.89 bits per heavy atom. The van der Waals surface area contributed by atoms with E-state index >= 15 is 0 Å². The fourth-order valence-electron chi connectivity index (χ4n) is 6.16. The molecule has 0 N–H and O–H groups in total. The number of hydrogen-bond donors (Lipinski definition) is 0. The SMILES string of the molecule is c1ccc(-n2c3ccccc3c3c4c5c(cc32)Oc2cccc3c2B5c2c(cccc2O4)O3)cc1. The van der Waals surface area contributed by atoms with Gasteiger partial charge >= 0.3 is 0 Å². The van der Waals surface area contributed by atoms with Crippen LogP contribution in [0.25, 0.3) is 27.5 Å². The van der Waals surface area contributed by atoms with Gasteiger partial charge < -0.3 is 18.8 Å². The topological polar surface area (TPSA) is 32.6 Å². The maximum absolute atomic E-state index is 6.75. The van der Waals surface area contributed by atoms with Crippen LogP contribution in [0, 0.1) is 0 Å². The Morgan fingerprint density at radius 2 is 1.14 bits per heavy atom. The molecule has 0 amide bonds. The van der Waals surface area contributed by atoms with Crippen LogP contribution in [0.2, 0.25) is 0 Å². The third-order valence-electron chi connectivity index (χ3n) is 7.50. The van der Waals surface area contributed by atoms with Crippen molar-refractivity contribution in [1.82, 2.24) is 4.57 Å². The van der Waals surface area contributed by atoms with Gasteiger partial charge in [0.05, 0.1) is 16.4 Å². The van der Waals surface area contributed by atoms with Crippen molar-refractivity contribution in [2.45, 2.75) is 0 Å². The second-order valence-electron chi connectivity index (χ2n) is 9.27. The minimum atomic E-state index is 0.0110. The molecule has 6 aromatic rings. The molecule has 5 heteroatoms. The van der Waals surface area contributed by atoms with Gasteiger partial charge in [-0.2, -0.15) is 0 Å². The zero-order valence-electron chi connectivity index (χ0n) is 18.5. The standard InChI is InChI=1S/C30H16BNO3/c1-2-8-17(9-3-1)32-19-11-5-4-10-18(19)26-20(32)16-25-29-30(26)35-24-15-7-13-22-28(24)31(29)27-21(33-22)12-6-14-23(27)34-25/h1-16H. The number of fused-ring (bicyclic) bond motifs is 4. The summed E-state index contributed by atoms with van der Waals surface area (Å²) >= 11 is 0. The molecule has 4 heterocycles. The van der Waals surface area contributed by atoms with E-state index in [1.165, 1.54) is 0 Å². The van der Waals surface area contributed by atoms with Crippen molar-refractivity contribution in [2.24, 2.45) is 0 Å². The molecule has 5 aromatic carbocycles. The molecule has 0 aliphatic carbocycles. The number of nitrogens with zero attached hydrogens (tertiary/aromatic N) is 1. The summed E-state index contributed by atoms with van der Waals surface area (Å²) in [5.74, 6) is 5.10. The van der Waals surface area contributed by atoms with Gasteiger partial charge in [-0.25, -0.2) is 0 Å². The summed E-state index contributed by atoms with van der Waals surface area (Å²) in [6.07, 6.45) is 0. The van der Waals surface area contributed by atoms with E-state index in [1.807, 2.05) is 42.5 Å².